The van der Waals surface area contributed by atoms with Crippen molar-refractivity contribution < 1.29 is 28.2 Å². The second-order valence-electron chi connectivity index (χ2n) is 10.0. The number of carboxylic acids is 1. The van der Waals surface area contributed by atoms with Gasteiger partial charge in [0.1, 0.15) is 18.2 Å². The zero-order valence-corrected chi connectivity index (χ0v) is 22.6. The Morgan fingerprint density at radius 1 is 1.15 bits per heavy atom. The van der Waals surface area contributed by atoms with Crippen molar-refractivity contribution in [2.24, 2.45) is 0 Å². The van der Waals surface area contributed by atoms with Crippen LogP contribution in [0.4, 0.5) is 8.78 Å². The van der Waals surface area contributed by atoms with Crippen molar-refractivity contribution in [2.45, 2.75) is 38.1 Å². The smallest absolute Gasteiger partial charge is 0.335 e. The van der Waals surface area contributed by atoms with Crippen LogP contribution in [0.2, 0.25) is 5.02 Å². The van der Waals surface area contributed by atoms with Crippen LogP contribution in [0, 0.1) is 11.6 Å². The molecular weight excluding hydrogens is 552 g/mol. The number of ether oxygens (including phenoxy) is 2. The third-order valence-corrected chi connectivity index (χ3v) is 7.56. The highest BCUT2D eigenvalue weighted by Crippen LogP contribution is 2.34. The van der Waals surface area contributed by atoms with Crippen LogP contribution in [0.25, 0.3) is 11.3 Å². The summed E-state index contributed by atoms with van der Waals surface area (Å²) in [6.07, 6.45) is 6.64. The van der Waals surface area contributed by atoms with E-state index in [0.29, 0.717) is 40.4 Å². The van der Waals surface area contributed by atoms with Gasteiger partial charge < -0.3 is 19.6 Å². The summed E-state index contributed by atoms with van der Waals surface area (Å²) in [6, 6.07) is 14.2. The molecule has 3 aliphatic rings. The van der Waals surface area contributed by atoms with Crippen LogP contribution in [0.1, 0.15) is 24.0 Å². The maximum absolute atomic E-state index is 15.4. The Bertz CT molecular complexity index is 1600. The molecular formula is C31H26ClF2N3O4. The van der Waals surface area contributed by atoms with Gasteiger partial charge in [-0.25, -0.2) is 24.0 Å². The molecule has 0 radical (unpaired) electrons. The van der Waals surface area contributed by atoms with Crippen LogP contribution in [0.3, 0.4) is 0 Å². The standard InChI is InChI=1S/C31H26ClF2N3O4/c32-22-8-6-21(26(34)14-22)17-41-30-3-1-2-27(35-30)18-4-5-20(25(33)13-18)16-37-29(15-23-10-11-40-23)24-12-19(31(38)39)7-9-28(24)36-37/h1-9,12-14,23,28,36H,10-11,15-17H2,(H,38,39). The summed E-state index contributed by atoms with van der Waals surface area (Å²) in [4.78, 5) is 16.0. The van der Waals surface area contributed by atoms with Crippen LogP contribution in [-0.4, -0.2) is 39.8 Å². The molecule has 0 amide bonds. The molecule has 1 aliphatic carbocycles. The number of benzene rings is 2. The Morgan fingerprint density at radius 3 is 2.68 bits per heavy atom. The first kappa shape index (κ1) is 27.1. The normalized spacial score (nSPS) is 19.6. The van der Waals surface area contributed by atoms with E-state index in [1.165, 1.54) is 12.1 Å². The number of rotatable bonds is 9. The average Bonchev–Trinajstić information content (AvgIpc) is 3.27. The predicted octanol–water partition coefficient (Wildman–Crippen LogP) is 5.96. The molecule has 2 aromatic carbocycles. The van der Waals surface area contributed by atoms with Gasteiger partial charge in [0, 0.05) is 46.5 Å². The zero-order chi connectivity index (χ0) is 28.5. The lowest BCUT2D eigenvalue weighted by atomic mass is 9.94. The minimum atomic E-state index is -0.994. The van der Waals surface area contributed by atoms with E-state index in [4.69, 9.17) is 21.1 Å². The first-order valence-electron chi connectivity index (χ1n) is 13.2. The maximum atomic E-state index is 15.4. The molecule has 2 aliphatic heterocycles. The number of halogens is 3. The number of aliphatic carboxylic acids is 1. The number of carbonyl (C=O) groups is 1. The Hall–Kier alpha value is -4.05. The number of nitrogens with one attached hydrogen (secondary N) is 1. The van der Waals surface area contributed by atoms with E-state index in [2.05, 4.69) is 10.4 Å². The average molecular weight is 578 g/mol. The first-order chi connectivity index (χ1) is 19.8. The molecule has 41 heavy (non-hydrogen) atoms. The van der Waals surface area contributed by atoms with Gasteiger partial charge in [0.25, 0.3) is 0 Å². The van der Waals surface area contributed by atoms with Crippen molar-refractivity contribution in [1.82, 2.24) is 15.4 Å². The molecule has 2 unspecified atom stereocenters. The molecule has 3 aromatic rings. The van der Waals surface area contributed by atoms with E-state index in [-0.39, 0.29) is 36.8 Å². The molecule has 0 saturated carbocycles. The van der Waals surface area contributed by atoms with Crippen LogP contribution in [-0.2, 0) is 22.7 Å². The fourth-order valence-corrected chi connectivity index (χ4v) is 5.16. The molecule has 2 atom stereocenters. The van der Waals surface area contributed by atoms with E-state index < -0.39 is 17.6 Å². The maximum Gasteiger partial charge on any atom is 0.335 e. The quantitative estimate of drug-likeness (QED) is 0.324. The van der Waals surface area contributed by atoms with Crippen LogP contribution in [0.5, 0.6) is 5.88 Å². The highest BCUT2D eigenvalue weighted by atomic mass is 35.5. The lowest BCUT2D eigenvalue weighted by molar-refractivity contribution is -0.132. The van der Waals surface area contributed by atoms with Gasteiger partial charge in [0.15, 0.2) is 0 Å². The molecule has 10 heteroatoms. The number of carboxylic acid groups (broad SMARTS) is 1. The fourth-order valence-electron chi connectivity index (χ4n) is 5.00. The van der Waals surface area contributed by atoms with Crippen molar-refractivity contribution in [3.63, 3.8) is 0 Å². The summed E-state index contributed by atoms with van der Waals surface area (Å²) in [5.74, 6) is -1.59. The molecule has 7 nitrogen and oxygen atoms in total. The van der Waals surface area contributed by atoms with Crippen molar-refractivity contribution in [2.75, 3.05) is 6.61 Å². The number of fused-ring (bicyclic) bond motifs is 1. The number of hydrogen-bond acceptors (Lipinski definition) is 6. The summed E-state index contributed by atoms with van der Waals surface area (Å²) in [5.41, 5.74) is 7.22. The lowest BCUT2D eigenvalue weighted by Crippen LogP contribution is -2.38. The van der Waals surface area contributed by atoms with Gasteiger partial charge >= 0.3 is 5.97 Å². The van der Waals surface area contributed by atoms with E-state index in [1.54, 1.807) is 54.6 Å². The summed E-state index contributed by atoms with van der Waals surface area (Å²) >= 11 is 5.81. The molecule has 1 saturated heterocycles. The molecule has 6 rings (SSSR count). The van der Waals surface area contributed by atoms with Crippen LogP contribution >= 0.6 is 11.6 Å². The largest absolute Gasteiger partial charge is 0.478 e. The van der Waals surface area contributed by atoms with Gasteiger partial charge in [-0.3, -0.25) is 0 Å². The number of hydrogen-bond donors (Lipinski definition) is 2. The van der Waals surface area contributed by atoms with E-state index in [9.17, 15) is 14.3 Å². The Balaban J connectivity index is 1.19. The van der Waals surface area contributed by atoms with E-state index >= 15 is 4.39 Å². The van der Waals surface area contributed by atoms with Crippen molar-refractivity contribution >= 4 is 17.6 Å². The van der Waals surface area contributed by atoms with Crippen LogP contribution < -0.4 is 10.2 Å². The Labute approximate surface area is 240 Å². The molecule has 1 aromatic heterocycles. The summed E-state index contributed by atoms with van der Waals surface area (Å²) in [7, 11) is 0. The van der Waals surface area contributed by atoms with Crippen molar-refractivity contribution in [1.29, 1.82) is 0 Å². The molecule has 3 heterocycles. The van der Waals surface area contributed by atoms with Gasteiger partial charge in [-0.1, -0.05) is 41.9 Å². The summed E-state index contributed by atoms with van der Waals surface area (Å²) < 4.78 is 40.8. The topological polar surface area (TPSA) is 83.9 Å². The van der Waals surface area contributed by atoms with Gasteiger partial charge in [0.2, 0.25) is 5.88 Å². The minimum Gasteiger partial charge on any atom is -0.478 e. The van der Waals surface area contributed by atoms with E-state index in [0.717, 1.165) is 17.7 Å². The zero-order valence-electron chi connectivity index (χ0n) is 21.8. The molecule has 0 bridgehead atoms. The number of aromatic nitrogens is 1. The van der Waals surface area contributed by atoms with Crippen molar-refractivity contribution in [3.8, 4) is 17.1 Å². The highest BCUT2D eigenvalue weighted by Gasteiger charge is 2.34. The van der Waals surface area contributed by atoms with Gasteiger partial charge in [-0.2, -0.15) is 0 Å². The predicted molar refractivity (Wildman–Crippen MR) is 149 cm³/mol. The minimum absolute atomic E-state index is 0.0291. The second-order valence-corrected chi connectivity index (χ2v) is 10.5. The fraction of sp³-hybridized carbons (Fsp3) is 0.226. The monoisotopic (exact) mass is 577 g/mol. The molecule has 1 fully saturated rings. The first-order valence-corrected chi connectivity index (χ1v) is 13.6. The third kappa shape index (κ3) is 5.88. The Kier molecular flexibility index (Phi) is 7.57. The molecule has 210 valence electrons. The van der Waals surface area contributed by atoms with Gasteiger partial charge in [-0.05, 0) is 48.4 Å². The van der Waals surface area contributed by atoms with Gasteiger partial charge in [-0.15, -0.1) is 0 Å². The SMILES string of the molecule is O=C(O)C1=CC2=C(CC3CCO3)N(Cc3ccc(-c4cccc(OCc5ccc(Cl)cc5F)n4)cc3F)NC2C=C1. The summed E-state index contributed by atoms with van der Waals surface area (Å²) in [5, 5.41) is 11.7. The highest BCUT2D eigenvalue weighted by molar-refractivity contribution is 6.30. The number of nitrogens with zero attached hydrogens (tertiary/aromatic N) is 2. The molecule has 2 N–H and O–H groups in total. The van der Waals surface area contributed by atoms with Crippen LogP contribution in [0.15, 0.2) is 89.7 Å². The van der Waals surface area contributed by atoms with Gasteiger partial charge in [0.05, 0.1) is 30.0 Å². The van der Waals surface area contributed by atoms with E-state index in [1.807, 2.05) is 11.1 Å². The number of hydrazine groups is 1. The molecule has 0 spiro atoms. The number of pyridine rings is 1. The van der Waals surface area contributed by atoms with Crippen molar-refractivity contribution in [3.05, 3.63) is 117 Å². The lowest BCUT2D eigenvalue weighted by Gasteiger charge is -2.31. The Morgan fingerprint density at radius 2 is 1.95 bits per heavy atom. The summed E-state index contributed by atoms with van der Waals surface area (Å²) in [6.45, 7) is 0.911. The second kappa shape index (κ2) is 11.4. The third-order valence-electron chi connectivity index (χ3n) is 7.32.